The van der Waals surface area contributed by atoms with Gasteiger partial charge in [0.1, 0.15) is 5.82 Å². The smallest absolute Gasteiger partial charge is 0.251 e. The van der Waals surface area contributed by atoms with Gasteiger partial charge in [0.25, 0.3) is 5.91 Å². The predicted molar refractivity (Wildman–Crippen MR) is 119 cm³/mol. The molecule has 0 radical (unpaired) electrons. The molecule has 4 rings (SSSR count). The Morgan fingerprint density at radius 1 is 1.20 bits per heavy atom. The van der Waals surface area contributed by atoms with Gasteiger partial charge in [-0.1, -0.05) is 6.07 Å². The van der Waals surface area contributed by atoms with Crippen LogP contribution in [0.5, 0.6) is 0 Å². The van der Waals surface area contributed by atoms with Crippen molar-refractivity contribution in [1.82, 2.24) is 15.2 Å². The monoisotopic (exact) mass is 409 g/mol. The Hall–Kier alpha value is -2.64. The fourth-order valence-electron chi connectivity index (χ4n) is 4.13. The van der Waals surface area contributed by atoms with E-state index in [-0.39, 0.29) is 11.9 Å². The van der Waals surface area contributed by atoms with Crippen LogP contribution in [0.15, 0.2) is 36.4 Å². The number of aryl methyl sites for hydroxylation is 1. The highest BCUT2D eigenvalue weighted by molar-refractivity contribution is 5.95. The van der Waals surface area contributed by atoms with Crippen LogP contribution in [-0.2, 0) is 4.74 Å². The molecule has 2 aliphatic heterocycles. The van der Waals surface area contributed by atoms with Crippen molar-refractivity contribution >= 4 is 17.4 Å². The van der Waals surface area contributed by atoms with Crippen LogP contribution in [0.2, 0.25) is 0 Å². The quantitative estimate of drug-likeness (QED) is 0.764. The zero-order chi connectivity index (χ0) is 20.9. The highest BCUT2D eigenvalue weighted by Crippen LogP contribution is 2.35. The number of aromatic nitrogens is 1. The maximum Gasteiger partial charge on any atom is 0.251 e. The number of fused-ring (bicyclic) bond motifs is 1. The van der Waals surface area contributed by atoms with E-state index in [2.05, 4.69) is 38.5 Å². The second kappa shape index (κ2) is 9.45. The number of pyridine rings is 1. The average Bonchev–Trinajstić information content (AvgIpc) is 2.76. The second-order valence-corrected chi connectivity index (χ2v) is 8.05. The van der Waals surface area contributed by atoms with Crippen molar-refractivity contribution < 1.29 is 9.53 Å². The van der Waals surface area contributed by atoms with Gasteiger partial charge in [-0.05, 0) is 49.2 Å². The van der Waals surface area contributed by atoms with E-state index in [0.29, 0.717) is 12.1 Å². The zero-order valence-electron chi connectivity index (χ0n) is 17.9. The molecule has 1 unspecified atom stereocenters. The van der Waals surface area contributed by atoms with Gasteiger partial charge >= 0.3 is 0 Å². The number of ether oxygens (including phenoxy) is 1. The van der Waals surface area contributed by atoms with Crippen LogP contribution >= 0.6 is 0 Å². The lowest BCUT2D eigenvalue weighted by molar-refractivity contribution is 0.0383. The molecule has 7 nitrogen and oxygen atoms in total. The number of carbonyl (C=O) groups is 1. The van der Waals surface area contributed by atoms with Crippen molar-refractivity contribution in [3.8, 4) is 0 Å². The molecule has 30 heavy (non-hydrogen) atoms. The maximum absolute atomic E-state index is 12.8. The van der Waals surface area contributed by atoms with Gasteiger partial charge in [-0.2, -0.15) is 0 Å². The molecule has 1 aromatic carbocycles. The van der Waals surface area contributed by atoms with E-state index in [1.54, 1.807) is 0 Å². The summed E-state index contributed by atoms with van der Waals surface area (Å²) in [5, 5.41) is 6.63. The molecule has 0 bridgehead atoms. The van der Waals surface area contributed by atoms with Gasteiger partial charge in [0, 0.05) is 56.7 Å². The van der Waals surface area contributed by atoms with E-state index < -0.39 is 0 Å². The summed E-state index contributed by atoms with van der Waals surface area (Å²) < 4.78 is 5.37. The van der Waals surface area contributed by atoms with Gasteiger partial charge in [0.15, 0.2) is 0 Å². The largest absolute Gasteiger partial charge is 0.379 e. The van der Waals surface area contributed by atoms with Gasteiger partial charge < -0.3 is 20.3 Å². The first kappa shape index (κ1) is 20.6. The Morgan fingerprint density at radius 3 is 2.83 bits per heavy atom. The lowest BCUT2D eigenvalue weighted by atomic mass is 9.94. The van der Waals surface area contributed by atoms with E-state index in [4.69, 9.17) is 4.74 Å². The van der Waals surface area contributed by atoms with Crippen molar-refractivity contribution in [3.05, 3.63) is 53.2 Å². The molecule has 2 N–H and O–H groups in total. The highest BCUT2D eigenvalue weighted by atomic mass is 16.5. The third-order valence-electron chi connectivity index (χ3n) is 5.86. The van der Waals surface area contributed by atoms with Crippen molar-refractivity contribution in [1.29, 1.82) is 0 Å². The Bertz CT molecular complexity index is 882. The SMILES string of the molecule is Cc1cccc(NC2CCN(C)c3ccc(C(=O)NCCN4CCOCC4)cc32)n1. The second-order valence-electron chi connectivity index (χ2n) is 8.05. The van der Waals surface area contributed by atoms with Crippen LogP contribution in [0.4, 0.5) is 11.5 Å². The van der Waals surface area contributed by atoms with E-state index >= 15 is 0 Å². The van der Waals surface area contributed by atoms with Gasteiger partial charge in [-0.3, -0.25) is 9.69 Å². The third-order valence-corrected chi connectivity index (χ3v) is 5.86. The third kappa shape index (κ3) is 4.91. The summed E-state index contributed by atoms with van der Waals surface area (Å²) in [6, 6.07) is 12.1. The maximum atomic E-state index is 12.8. The van der Waals surface area contributed by atoms with Crippen LogP contribution in [0, 0.1) is 6.92 Å². The number of morpholine rings is 1. The number of nitrogens with one attached hydrogen (secondary N) is 2. The molecule has 0 aliphatic carbocycles. The zero-order valence-corrected chi connectivity index (χ0v) is 17.9. The van der Waals surface area contributed by atoms with E-state index in [9.17, 15) is 4.79 Å². The molecule has 160 valence electrons. The summed E-state index contributed by atoms with van der Waals surface area (Å²) in [7, 11) is 2.10. The van der Waals surface area contributed by atoms with Crippen LogP contribution in [-0.4, -0.2) is 68.8 Å². The van der Waals surface area contributed by atoms with Gasteiger partial charge in [0.2, 0.25) is 0 Å². The molecule has 1 aromatic heterocycles. The van der Waals surface area contributed by atoms with Gasteiger partial charge in [-0.15, -0.1) is 0 Å². The van der Waals surface area contributed by atoms with E-state index in [1.165, 1.54) is 0 Å². The van der Waals surface area contributed by atoms with E-state index in [1.807, 2.05) is 37.3 Å². The summed E-state index contributed by atoms with van der Waals surface area (Å²) >= 11 is 0. The van der Waals surface area contributed by atoms with Crippen molar-refractivity contribution in [2.45, 2.75) is 19.4 Å². The number of rotatable bonds is 6. The van der Waals surface area contributed by atoms with Crippen molar-refractivity contribution in [2.75, 3.05) is 63.2 Å². The minimum Gasteiger partial charge on any atom is -0.379 e. The molecule has 7 heteroatoms. The molecule has 2 aromatic rings. The number of hydrogen-bond donors (Lipinski definition) is 2. The lowest BCUT2D eigenvalue weighted by Gasteiger charge is -2.34. The minimum absolute atomic E-state index is 0.0216. The van der Waals surface area contributed by atoms with Crippen LogP contribution in [0.1, 0.15) is 34.1 Å². The molecule has 3 heterocycles. The summed E-state index contributed by atoms with van der Waals surface area (Å²) in [5.74, 6) is 0.850. The fourth-order valence-corrected chi connectivity index (χ4v) is 4.13. The number of benzene rings is 1. The van der Waals surface area contributed by atoms with Crippen LogP contribution in [0.25, 0.3) is 0 Å². The Labute approximate surface area is 178 Å². The normalized spacial score (nSPS) is 19.3. The van der Waals surface area contributed by atoms with Crippen molar-refractivity contribution in [3.63, 3.8) is 0 Å². The standard InChI is InChI=1S/C23H31N5O2/c1-17-4-3-5-22(25-17)26-20-8-10-27(2)21-7-6-18(16-19(20)21)23(29)24-9-11-28-12-14-30-15-13-28/h3-7,16,20H,8-15H2,1-2H3,(H,24,29)(H,25,26). The van der Waals surface area contributed by atoms with Crippen LogP contribution in [0.3, 0.4) is 0 Å². The summed E-state index contributed by atoms with van der Waals surface area (Å²) in [5.41, 5.74) is 4.00. The molecule has 1 atom stereocenters. The first-order valence-electron chi connectivity index (χ1n) is 10.7. The molecular formula is C23H31N5O2. The van der Waals surface area contributed by atoms with Gasteiger partial charge in [0.05, 0.1) is 19.3 Å². The number of amides is 1. The molecule has 0 spiro atoms. The lowest BCUT2D eigenvalue weighted by Crippen LogP contribution is -2.41. The van der Waals surface area contributed by atoms with Gasteiger partial charge in [-0.25, -0.2) is 4.98 Å². The topological polar surface area (TPSA) is 69.7 Å². The van der Waals surface area contributed by atoms with E-state index in [0.717, 1.165) is 68.6 Å². The summed E-state index contributed by atoms with van der Waals surface area (Å²) in [6.07, 6.45) is 0.960. The Morgan fingerprint density at radius 2 is 2.03 bits per heavy atom. The molecule has 0 saturated carbocycles. The molecule has 1 fully saturated rings. The number of nitrogens with zero attached hydrogens (tertiary/aromatic N) is 3. The minimum atomic E-state index is -0.0216. The molecule has 2 aliphatic rings. The predicted octanol–water partition coefficient (Wildman–Crippen LogP) is 2.45. The number of anilines is 2. The van der Waals surface area contributed by atoms with Crippen LogP contribution < -0.4 is 15.5 Å². The van der Waals surface area contributed by atoms with Crippen molar-refractivity contribution in [2.24, 2.45) is 0 Å². The summed E-state index contributed by atoms with van der Waals surface area (Å²) in [6.45, 7) is 7.86. The average molecular weight is 410 g/mol. The number of carbonyl (C=O) groups excluding carboxylic acids is 1. The first-order chi connectivity index (χ1) is 14.6. The Balaban J connectivity index is 1.44. The molecular weight excluding hydrogens is 378 g/mol. The summed E-state index contributed by atoms with van der Waals surface area (Å²) in [4.78, 5) is 21.9. The molecule has 1 amide bonds. The number of hydrogen-bond acceptors (Lipinski definition) is 6. The highest BCUT2D eigenvalue weighted by Gasteiger charge is 2.25. The molecule has 1 saturated heterocycles. The fraction of sp³-hybridized carbons (Fsp3) is 0.478. The Kier molecular flexibility index (Phi) is 6.50. The first-order valence-corrected chi connectivity index (χ1v) is 10.7.